The van der Waals surface area contributed by atoms with E-state index in [9.17, 15) is 4.79 Å². The summed E-state index contributed by atoms with van der Waals surface area (Å²) in [7, 11) is 1.51. The first kappa shape index (κ1) is 20.1. The van der Waals surface area contributed by atoms with Crippen LogP contribution in [0.4, 0.5) is 5.13 Å². The van der Waals surface area contributed by atoms with Crippen molar-refractivity contribution in [3.8, 4) is 0 Å². The maximum atomic E-state index is 11.8. The van der Waals surface area contributed by atoms with Crippen LogP contribution in [0.25, 0.3) is 0 Å². The van der Waals surface area contributed by atoms with Gasteiger partial charge in [-0.3, -0.25) is 4.79 Å². The van der Waals surface area contributed by atoms with Crippen molar-refractivity contribution in [1.82, 2.24) is 4.98 Å². The average Bonchev–Trinajstić information content (AvgIpc) is 2.90. The number of hydrogen-bond donors (Lipinski definition) is 2. The van der Waals surface area contributed by atoms with E-state index in [1.807, 2.05) is 6.07 Å². The van der Waals surface area contributed by atoms with Crippen LogP contribution in [-0.4, -0.2) is 30.6 Å². The van der Waals surface area contributed by atoms with Crippen LogP contribution in [0.3, 0.4) is 0 Å². The van der Waals surface area contributed by atoms with Crippen molar-refractivity contribution in [1.29, 1.82) is 0 Å². The van der Waals surface area contributed by atoms with E-state index in [0.29, 0.717) is 5.13 Å². The number of rotatable bonds is 6. The van der Waals surface area contributed by atoms with Crippen molar-refractivity contribution in [3.63, 3.8) is 0 Å². The Morgan fingerprint density at radius 1 is 1.52 bits per heavy atom. The number of aryl methyl sites for hydroxylation is 1. The number of ether oxygens (including phenoxy) is 1. The van der Waals surface area contributed by atoms with Gasteiger partial charge in [-0.05, 0) is 24.1 Å². The molecule has 1 unspecified atom stereocenters. The number of anilines is 1. The van der Waals surface area contributed by atoms with E-state index in [4.69, 9.17) is 10.5 Å². The quantitative estimate of drug-likeness (QED) is 0.752. The lowest BCUT2D eigenvalue weighted by Crippen LogP contribution is -2.39. The SMILES string of the molecule is COCC(N)C(=O)Nc1ncc(Cc2ccc(Br)c(C)c2)s1.Cl. The van der Waals surface area contributed by atoms with Gasteiger partial charge in [0.2, 0.25) is 5.91 Å². The fourth-order valence-electron chi connectivity index (χ4n) is 1.92. The van der Waals surface area contributed by atoms with Gasteiger partial charge in [-0.15, -0.1) is 23.7 Å². The van der Waals surface area contributed by atoms with Crippen molar-refractivity contribution in [2.75, 3.05) is 19.0 Å². The second kappa shape index (κ2) is 9.34. The van der Waals surface area contributed by atoms with Crippen LogP contribution in [0.15, 0.2) is 28.9 Å². The summed E-state index contributed by atoms with van der Waals surface area (Å²) in [4.78, 5) is 17.1. The minimum Gasteiger partial charge on any atom is -0.383 e. The highest BCUT2D eigenvalue weighted by Crippen LogP contribution is 2.23. The smallest absolute Gasteiger partial charge is 0.245 e. The molecule has 2 aromatic rings. The predicted molar refractivity (Wildman–Crippen MR) is 99.5 cm³/mol. The molecule has 5 nitrogen and oxygen atoms in total. The van der Waals surface area contributed by atoms with Gasteiger partial charge in [0, 0.05) is 29.1 Å². The van der Waals surface area contributed by atoms with E-state index in [0.717, 1.165) is 15.8 Å². The maximum Gasteiger partial charge on any atom is 0.245 e. The van der Waals surface area contributed by atoms with E-state index in [1.54, 1.807) is 6.20 Å². The summed E-state index contributed by atoms with van der Waals surface area (Å²) in [5.74, 6) is -0.290. The van der Waals surface area contributed by atoms with Crippen molar-refractivity contribution in [2.45, 2.75) is 19.4 Å². The fraction of sp³-hybridized carbons (Fsp3) is 0.333. The summed E-state index contributed by atoms with van der Waals surface area (Å²) >= 11 is 4.94. The molecule has 3 N–H and O–H groups in total. The van der Waals surface area contributed by atoms with E-state index in [1.165, 1.54) is 29.6 Å². The Labute approximate surface area is 154 Å². The molecule has 1 aromatic carbocycles. The summed E-state index contributed by atoms with van der Waals surface area (Å²) in [5.41, 5.74) is 8.07. The van der Waals surface area contributed by atoms with E-state index >= 15 is 0 Å². The second-order valence-electron chi connectivity index (χ2n) is 4.94. The molecule has 0 saturated carbocycles. The molecule has 0 aliphatic heterocycles. The molecule has 126 valence electrons. The number of methoxy groups -OCH3 is 1. The summed E-state index contributed by atoms with van der Waals surface area (Å²) in [6.45, 7) is 2.24. The molecule has 0 aliphatic rings. The highest BCUT2D eigenvalue weighted by molar-refractivity contribution is 9.10. The molecule has 1 heterocycles. The molecule has 0 fully saturated rings. The Bertz CT molecular complexity index is 666. The zero-order valence-electron chi connectivity index (χ0n) is 12.8. The highest BCUT2D eigenvalue weighted by Gasteiger charge is 2.15. The number of nitrogens with one attached hydrogen (secondary N) is 1. The maximum absolute atomic E-state index is 11.8. The topological polar surface area (TPSA) is 77.2 Å². The number of benzene rings is 1. The molecule has 0 spiro atoms. The number of hydrogen-bond acceptors (Lipinski definition) is 5. The monoisotopic (exact) mass is 419 g/mol. The Morgan fingerprint density at radius 3 is 2.91 bits per heavy atom. The lowest BCUT2D eigenvalue weighted by Gasteiger charge is -2.08. The van der Waals surface area contributed by atoms with E-state index in [-0.39, 0.29) is 24.9 Å². The minimum absolute atomic E-state index is 0. The minimum atomic E-state index is -0.688. The van der Waals surface area contributed by atoms with Gasteiger partial charge >= 0.3 is 0 Å². The zero-order valence-corrected chi connectivity index (χ0v) is 16.1. The number of amides is 1. The van der Waals surface area contributed by atoms with E-state index < -0.39 is 6.04 Å². The Balaban J connectivity index is 0.00000264. The van der Waals surface area contributed by atoms with Crippen LogP contribution in [0.5, 0.6) is 0 Å². The molecule has 0 radical (unpaired) electrons. The van der Waals surface area contributed by atoms with Crippen LogP contribution in [-0.2, 0) is 16.0 Å². The number of nitrogens with two attached hydrogens (primary N) is 1. The average molecular weight is 421 g/mol. The molecular weight excluding hydrogens is 402 g/mol. The van der Waals surface area contributed by atoms with Crippen molar-refractivity contribution < 1.29 is 9.53 Å². The number of aromatic nitrogens is 1. The number of halogens is 2. The molecule has 23 heavy (non-hydrogen) atoms. The third-order valence-electron chi connectivity index (χ3n) is 3.07. The fourth-order valence-corrected chi connectivity index (χ4v) is 3.01. The molecule has 1 atom stereocenters. The normalized spacial score (nSPS) is 11.7. The predicted octanol–water partition coefficient (Wildman–Crippen LogP) is 3.14. The molecule has 0 aliphatic carbocycles. The van der Waals surface area contributed by atoms with Crippen LogP contribution in [0, 0.1) is 6.92 Å². The lowest BCUT2D eigenvalue weighted by molar-refractivity contribution is -0.118. The van der Waals surface area contributed by atoms with Crippen molar-refractivity contribution >= 4 is 50.7 Å². The number of thiazole rings is 1. The molecule has 8 heteroatoms. The number of carbonyl (C=O) groups is 1. The number of carbonyl (C=O) groups excluding carboxylic acids is 1. The molecule has 1 amide bonds. The first-order chi connectivity index (χ1) is 10.5. The largest absolute Gasteiger partial charge is 0.383 e. The van der Waals surface area contributed by atoms with Gasteiger partial charge in [0.05, 0.1) is 6.61 Å². The molecule has 0 bridgehead atoms. The third kappa shape index (κ3) is 5.86. The summed E-state index contributed by atoms with van der Waals surface area (Å²) in [5, 5.41) is 3.27. The Hall–Kier alpha value is -0.990. The first-order valence-corrected chi connectivity index (χ1v) is 8.35. The lowest BCUT2D eigenvalue weighted by atomic mass is 10.1. The van der Waals surface area contributed by atoms with Crippen LogP contribution in [0.2, 0.25) is 0 Å². The Kier molecular flexibility index (Phi) is 8.15. The second-order valence-corrected chi connectivity index (χ2v) is 6.91. The van der Waals surface area contributed by atoms with Gasteiger partial charge in [-0.25, -0.2) is 4.98 Å². The van der Waals surface area contributed by atoms with Gasteiger partial charge in [-0.2, -0.15) is 0 Å². The summed E-state index contributed by atoms with van der Waals surface area (Å²) in [6.07, 6.45) is 2.56. The van der Waals surface area contributed by atoms with Crippen LogP contribution < -0.4 is 11.1 Å². The Morgan fingerprint density at radius 2 is 2.26 bits per heavy atom. The van der Waals surface area contributed by atoms with Crippen molar-refractivity contribution in [2.24, 2.45) is 5.73 Å². The van der Waals surface area contributed by atoms with Crippen LogP contribution >= 0.6 is 39.7 Å². The summed E-state index contributed by atoms with van der Waals surface area (Å²) < 4.78 is 5.96. The van der Waals surface area contributed by atoms with Gasteiger partial charge < -0.3 is 15.8 Å². The molecule has 1 aromatic heterocycles. The standard InChI is InChI=1S/C15H18BrN3O2S.ClH/c1-9-5-10(3-4-12(9)16)6-11-7-18-15(22-11)19-14(20)13(17)8-21-2;/h3-5,7,13H,6,8,17H2,1-2H3,(H,18,19,20);1H. The van der Waals surface area contributed by atoms with Crippen molar-refractivity contribution in [3.05, 3.63) is 44.9 Å². The molecule has 0 saturated heterocycles. The van der Waals surface area contributed by atoms with Crippen LogP contribution in [0.1, 0.15) is 16.0 Å². The zero-order chi connectivity index (χ0) is 16.1. The van der Waals surface area contributed by atoms with Gasteiger partial charge in [0.1, 0.15) is 6.04 Å². The van der Waals surface area contributed by atoms with Gasteiger partial charge in [-0.1, -0.05) is 28.1 Å². The number of nitrogens with zero attached hydrogens (tertiary/aromatic N) is 1. The van der Waals surface area contributed by atoms with Gasteiger partial charge in [0.25, 0.3) is 0 Å². The molecular formula is C15H19BrClN3O2S. The first-order valence-electron chi connectivity index (χ1n) is 6.74. The summed E-state index contributed by atoms with van der Waals surface area (Å²) in [6, 6.07) is 5.56. The molecule has 2 rings (SSSR count). The highest BCUT2D eigenvalue weighted by atomic mass is 79.9. The third-order valence-corrected chi connectivity index (χ3v) is 4.87. The van der Waals surface area contributed by atoms with E-state index in [2.05, 4.69) is 45.3 Å². The van der Waals surface area contributed by atoms with Gasteiger partial charge in [0.15, 0.2) is 5.13 Å².